The van der Waals surface area contributed by atoms with E-state index in [9.17, 15) is 0 Å². The van der Waals surface area contributed by atoms with Gasteiger partial charge in [0.25, 0.3) is 0 Å². The Kier molecular flexibility index (Phi) is 9.32. The van der Waals surface area contributed by atoms with Gasteiger partial charge in [-0.25, -0.2) is 15.0 Å². The molecule has 0 radical (unpaired) electrons. The summed E-state index contributed by atoms with van der Waals surface area (Å²) in [5.41, 5.74) is 2.98. The van der Waals surface area contributed by atoms with Crippen molar-refractivity contribution in [3.05, 3.63) is 73.3 Å². The fraction of sp³-hybridized carbons (Fsp3) is 0.375. The maximum atomic E-state index is 4.67. The summed E-state index contributed by atoms with van der Waals surface area (Å²) in [6, 6.07) is 13.0. The molecule has 0 spiro atoms. The number of hydrogen-bond acceptors (Lipinski definition) is 8. The van der Waals surface area contributed by atoms with E-state index in [1.54, 1.807) is 12.4 Å². The Labute approximate surface area is 238 Å². The van der Waals surface area contributed by atoms with E-state index >= 15 is 0 Å². The highest BCUT2D eigenvalue weighted by Gasteiger charge is 2.19. The Morgan fingerprint density at radius 2 is 1.68 bits per heavy atom. The van der Waals surface area contributed by atoms with E-state index in [0.717, 1.165) is 71.2 Å². The van der Waals surface area contributed by atoms with Crippen molar-refractivity contribution in [2.75, 3.05) is 48.8 Å². The molecule has 8 nitrogen and oxygen atoms in total. The molecule has 0 atom stereocenters. The molecule has 1 aromatic carbocycles. The second kappa shape index (κ2) is 12.9. The Morgan fingerprint density at radius 3 is 2.35 bits per heavy atom. The van der Waals surface area contributed by atoms with Gasteiger partial charge in [-0.15, -0.1) is 0 Å². The molecule has 0 bridgehead atoms. The zero-order chi connectivity index (χ0) is 28.7. The minimum absolute atomic E-state index is 0.0515. The van der Waals surface area contributed by atoms with Crippen LogP contribution in [0.15, 0.2) is 67.8 Å². The highest BCUT2D eigenvalue weighted by Crippen LogP contribution is 2.25. The number of fused-ring (bicyclic) bond motifs is 1. The first-order chi connectivity index (χ1) is 19.1. The molecule has 5 rings (SSSR count). The second-order valence-electron chi connectivity index (χ2n) is 11.3. The lowest BCUT2D eigenvalue weighted by atomic mass is 10.1. The molecule has 0 saturated carbocycles. The highest BCUT2D eigenvalue weighted by molar-refractivity contribution is 5.88. The van der Waals surface area contributed by atoms with Crippen LogP contribution in [0.5, 0.6) is 0 Å². The number of benzene rings is 1. The van der Waals surface area contributed by atoms with Crippen molar-refractivity contribution in [1.29, 1.82) is 0 Å². The molecule has 0 amide bonds. The summed E-state index contributed by atoms with van der Waals surface area (Å²) in [5, 5.41) is 8.64. The third-order valence-corrected chi connectivity index (χ3v) is 6.79. The van der Waals surface area contributed by atoms with Crippen molar-refractivity contribution < 1.29 is 0 Å². The first-order valence-corrected chi connectivity index (χ1v) is 13.9. The van der Waals surface area contributed by atoms with Crippen LogP contribution in [0.25, 0.3) is 28.1 Å². The number of nitrogens with one attached hydrogen (secondary N) is 2. The molecular formula is C32H42N8. The highest BCUT2D eigenvalue weighted by atomic mass is 15.3. The van der Waals surface area contributed by atoms with Crippen LogP contribution in [0.1, 0.15) is 40.2 Å². The van der Waals surface area contributed by atoms with Crippen LogP contribution >= 0.6 is 0 Å². The van der Waals surface area contributed by atoms with Crippen molar-refractivity contribution in [2.24, 2.45) is 0 Å². The van der Waals surface area contributed by atoms with E-state index in [4.69, 9.17) is 0 Å². The number of nitrogens with zero attached hydrogens (tertiary/aromatic N) is 6. The first-order valence-electron chi connectivity index (χ1n) is 13.9. The van der Waals surface area contributed by atoms with E-state index in [2.05, 4.69) is 99.8 Å². The van der Waals surface area contributed by atoms with E-state index < -0.39 is 0 Å². The first kappa shape index (κ1) is 29.0. The zero-order valence-corrected chi connectivity index (χ0v) is 24.6. The lowest BCUT2D eigenvalue weighted by molar-refractivity contribution is 0.209. The molecule has 0 aliphatic carbocycles. The predicted molar refractivity (Wildman–Crippen MR) is 169 cm³/mol. The summed E-state index contributed by atoms with van der Waals surface area (Å²) in [7, 11) is 1.87. The van der Waals surface area contributed by atoms with Gasteiger partial charge in [0.15, 0.2) is 0 Å². The summed E-state index contributed by atoms with van der Waals surface area (Å²) >= 11 is 0. The van der Waals surface area contributed by atoms with Crippen LogP contribution in [0, 0.1) is 0 Å². The molecule has 40 heavy (non-hydrogen) atoms. The summed E-state index contributed by atoms with van der Waals surface area (Å²) < 4.78 is 0. The molecule has 1 saturated heterocycles. The summed E-state index contributed by atoms with van der Waals surface area (Å²) in [4.78, 5) is 22.6. The van der Waals surface area contributed by atoms with Crippen LogP contribution in [0.4, 0.5) is 17.5 Å². The van der Waals surface area contributed by atoms with Gasteiger partial charge in [-0.05, 0) is 69.8 Å². The SMILES string of the molecule is C=Cc1ccnc(N2CCN(C(C)C)CC2)c1.CNc1cc2cc(-c3cncc(NC(C)(C)C)n3)ccc2cn1. The minimum atomic E-state index is -0.0515. The molecule has 210 valence electrons. The van der Waals surface area contributed by atoms with Gasteiger partial charge in [-0.3, -0.25) is 9.88 Å². The maximum absolute atomic E-state index is 4.67. The Bertz CT molecular complexity index is 1420. The Balaban J connectivity index is 0.000000194. The van der Waals surface area contributed by atoms with E-state index in [0.29, 0.717) is 6.04 Å². The smallest absolute Gasteiger partial charge is 0.145 e. The number of aromatic nitrogens is 4. The fourth-order valence-corrected chi connectivity index (χ4v) is 4.59. The number of anilines is 3. The van der Waals surface area contributed by atoms with Crippen molar-refractivity contribution >= 4 is 34.3 Å². The van der Waals surface area contributed by atoms with Crippen molar-refractivity contribution in [3.63, 3.8) is 0 Å². The summed E-state index contributed by atoms with van der Waals surface area (Å²) in [6.07, 6.45) is 9.14. The lowest BCUT2D eigenvalue weighted by Gasteiger charge is -2.37. The average molecular weight is 539 g/mol. The molecule has 8 heteroatoms. The van der Waals surface area contributed by atoms with Gasteiger partial charge in [0.1, 0.15) is 17.5 Å². The predicted octanol–water partition coefficient (Wildman–Crippen LogP) is 6.20. The molecule has 1 aliphatic rings. The van der Waals surface area contributed by atoms with Crippen LogP contribution < -0.4 is 15.5 Å². The minimum Gasteiger partial charge on any atom is -0.373 e. The lowest BCUT2D eigenvalue weighted by Crippen LogP contribution is -2.49. The summed E-state index contributed by atoms with van der Waals surface area (Å²) in [5.74, 6) is 2.70. The Hall–Kier alpha value is -4.04. The molecular weight excluding hydrogens is 496 g/mol. The average Bonchev–Trinajstić information content (AvgIpc) is 2.96. The van der Waals surface area contributed by atoms with Gasteiger partial charge in [0, 0.05) is 68.2 Å². The van der Waals surface area contributed by atoms with E-state index in [1.807, 2.05) is 43.7 Å². The van der Waals surface area contributed by atoms with E-state index in [-0.39, 0.29) is 5.54 Å². The molecule has 4 heterocycles. The van der Waals surface area contributed by atoms with Gasteiger partial charge < -0.3 is 15.5 Å². The van der Waals surface area contributed by atoms with Crippen LogP contribution in [0.2, 0.25) is 0 Å². The number of pyridine rings is 2. The number of rotatable bonds is 6. The fourth-order valence-electron chi connectivity index (χ4n) is 4.59. The van der Waals surface area contributed by atoms with Gasteiger partial charge >= 0.3 is 0 Å². The normalized spacial score (nSPS) is 14.0. The second-order valence-corrected chi connectivity index (χ2v) is 11.3. The molecule has 0 unspecified atom stereocenters. The number of hydrogen-bond donors (Lipinski definition) is 2. The quantitative estimate of drug-likeness (QED) is 0.300. The van der Waals surface area contributed by atoms with Crippen molar-refractivity contribution in [2.45, 2.75) is 46.2 Å². The van der Waals surface area contributed by atoms with Gasteiger partial charge in [0.05, 0.1) is 18.1 Å². The molecule has 1 fully saturated rings. The van der Waals surface area contributed by atoms with Gasteiger partial charge in [-0.1, -0.05) is 24.8 Å². The third-order valence-electron chi connectivity index (χ3n) is 6.79. The van der Waals surface area contributed by atoms with Crippen LogP contribution in [0.3, 0.4) is 0 Å². The maximum Gasteiger partial charge on any atom is 0.145 e. The van der Waals surface area contributed by atoms with Crippen LogP contribution in [-0.2, 0) is 0 Å². The zero-order valence-electron chi connectivity index (χ0n) is 24.6. The molecule has 4 aromatic rings. The van der Waals surface area contributed by atoms with Gasteiger partial charge in [0.2, 0.25) is 0 Å². The van der Waals surface area contributed by atoms with Crippen molar-refractivity contribution in [3.8, 4) is 11.3 Å². The molecule has 2 N–H and O–H groups in total. The number of piperazine rings is 1. The standard InChI is InChI=1S/C18H21N5.C14H21N3/c1-18(2,3)23-17-11-20-10-15(22-17)12-5-6-13-9-21-16(19-4)8-14(13)7-12;1-4-13-5-6-15-14(11-13)17-9-7-16(8-10-17)12(2)3/h5-11H,1-4H3,(H,19,21)(H,22,23);4-6,11-12H,1,7-10H2,2-3H3. The van der Waals surface area contributed by atoms with E-state index in [1.165, 1.54) is 0 Å². The third kappa shape index (κ3) is 7.76. The largest absolute Gasteiger partial charge is 0.373 e. The Morgan fingerprint density at radius 1 is 0.900 bits per heavy atom. The van der Waals surface area contributed by atoms with Crippen molar-refractivity contribution in [1.82, 2.24) is 24.8 Å². The summed E-state index contributed by atoms with van der Waals surface area (Å²) in [6.45, 7) is 19.0. The van der Waals surface area contributed by atoms with Gasteiger partial charge in [-0.2, -0.15) is 0 Å². The van der Waals surface area contributed by atoms with Crippen LogP contribution in [-0.4, -0.2) is 69.6 Å². The topological polar surface area (TPSA) is 82.1 Å². The molecule has 1 aliphatic heterocycles. The molecule has 3 aromatic heterocycles. The monoisotopic (exact) mass is 538 g/mol.